The Balaban J connectivity index is 2.94. The van der Waals surface area contributed by atoms with Crippen molar-refractivity contribution in [2.75, 3.05) is 0 Å². The lowest BCUT2D eigenvalue weighted by molar-refractivity contribution is 0.152. The highest BCUT2D eigenvalue weighted by atomic mass is 16.3. The Labute approximate surface area is 72.2 Å². The average Bonchev–Trinajstić information content (AvgIpc) is 2.04. The highest BCUT2D eigenvalue weighted by Crippen LogP contribution is 2.17. The molecule has 0 amide bonds. The first-order chi connectivity index (χ1) is 5.63. The normalized spacial score (nSPS) is 15.7. The molecule has 0 aliphatic heterocycles. The van der Waals surface area contributed by atoms with Gasteiger partial charge in [0.05, 0.1) is 6.10 Å². The minimum atomic E-state index is -0.612. The quantitative estimate of drug-likeness (QED) is 0.682. The topological polar surface area (TPSA) is 59.1 Å². The monoisotopic (exact) mass is 166 g/mol. The van der Waals surface area contributed by atoms with Crippen molar-refractivity contribution < 1.29 is 5.11 Å². The van der Waals surface area contributed by atoms with Crippen LogP contribution >= 0.6 is 0 Å². The van der Waals surface area contributed by atoms with Crippen LogP contribution in [0.2, 0.25) is 0 Å². The van der Waals surface area contributed by atoms with E-state index in [0.29, 0.717) is 0 Å². The fourth-order valence-corrected chi connectivity index (χ4v) is 1.07. The summed E-state index contributed by atoms with van der Waals surface area (Å²) < 4.78 is 0. The minimum Gasteiger partial charge on any atom is -0.387 e. The fraction of sp³-hybridized carbons (Fsp3) is 0.444. The van der Waals surface area contributed by atoms with Crippen molar-refractivity contribution in [2.45, 2.75) is 26.0 Å². The Hall–Kier alpha value is -0.930. The van der Waals surface area contributed by atoms with Crippen LogP contribution in [0, 0.1) is 6.92 Å². The second-order valence-electron chi connectivity index (χ2n) is 3.04. The number of aromatic nitrogens is 1. The van der Waals surface area contributed by atoms with Crippen molar-refractivity contribution in [3.05, 3.63) is 29.6 Å². The Bertz CT molecular complexity index is 260. The van der Waals surface area contributed by atoms with E-state index in [2.05, 4.69) is 4.98 Å². The van der Waals surface area contributed by atoms with Crippen LogP contribution in [-0.2, 0) is 0 Å². The third-order valence-electron chi connectivity index (χ3n) is 1.90. The van der Waals surface area contributed by atoms with Gasteiger partial charge >= 0.3 is 0 Å². The number of aliphatic hydroxyl groups is 1. The lowest BCUT2D eigenvalue weighted by atomic mass is 10.0. The maximum atomic E-state index is 9.61. The van der Waals surface area contributed by atoms with Gasteiger partial charge in [-0.1, -0.05) is 0 Å². The molecule has 12 heavy (non-hydrogen) atoms. The van der Waals surface area contributed by atoms with E-state index in [4.69, 9.17) is 5.73 Å². The maximum absolute atomic E-state index is 9.61. The van der Waals surface area contributed by atoms with Gasteiger partial charge in [0.25, 0.3) is 0 Å². The molecular formula is C9H14N2O. The molecule has 0 bridgehead atoms. The zero-order valence-electron chi connectivity index (χ0n) is 7.36. The molecule has 0 aliphatic carbocycles. The van der Waals surface area contributed by atoms with Crippen LogP contribution in [0.25, 0.3) is 0 Å². The largest absolute Gasteiger partial charge is 0.387 e. The first-order valence-corrected chi connectivity index (χ1v) is 3.97. The molecule has 1 aromatic rings. The molecule has 0 saturated heterocycles. The number of aryl methyl sites for hydroxylation is 1. The van der Waals surface area contributed by atoms with E-state index in [1.54, 1.807) is 19.3 Å². The first kappa shape index (κ1) is 9.16. The zero-order chi connectivity index (χ0) is 9.14. The van der Waals surface area contributed by atoms with E-state index in [9.17, 15) is 5.11 Å². The molecular weight excluding hydrogens is 152 g/mol. The molecule has 0 fully saturated rings. The molecule has 3 nitrogen and oxygen atoms in total. The first-order valence-electron chi connectivity index (χ1n) is 3.97. The SMILES string of the molecule is Cc1ccncc1C(O)C(C)N. The number of rotatable bonds is 2. The summed E-state index contributed by atoms with van der Waals surface area (Å²) >= 11 is 0. The lowest BCUT2D eigenvalue weighted by Crippen LogP contribution is -2.25. The van der Waals surface area contributed by atoms with Gasteiger partial charge in [-0.3, -0.25) is 4.98 Å². The second-order valence-corrected chi connectivity index (χ2v) is 3.04. The number of hydrogen-bond acceptors (Lipinski definition) is 3. The summed E-state index contributed by atoms with van der Waals surface area (Å²) in [5.41, 5.74) is 7.39. The molecule has 66 valence electrons. The van der Waals surface area contributed by atoms with E-state index in [-0.39, 0.29) is 6.04 Å². The Morgan fingerprint density at radius 2 is 2.25 bits per heavy atom. The van der Waals surface area contributed by atoms with Crippen molar-refractivity contribution in [1.82, 2.24) is 4.98 Å². The van der Waals surface area contributed by atoms with Crippen molar-refractivity contribution in [1.29, 1.82) is 0 Å². The van der Waals surface area contributed by atoms with Crippen LogP contribution in [0.3, 0.4) is 0 Å². The molecule has 1 heterocycles. The van der Waals surface area contributed by atoms with Gasteiger partial charge in [-0.25, -0.2) is 0 Å². The molecule has 1 aromatic heterocycles. The highest BCUT2D eigenvalue weighted by Gasteiger charge is 2.13. The summed E-state index contributed by atoms with van der Waals surface area (Å²) in [7, 11) is 0. The van der Waals surface area contributed by atoms with Crippen LogP contribution in [-0.4, -0.2) is 16.1 Å². The van der Waals surface area contributed by atoms with Gasteiger partial charge in [-0.15, -0.1) is 0 Å². The molecule has 3 heteroatoms. The standard InChI is InChI=1S/C9H14N2O/c1-6-3-4-11-5-8(6)9(12)7(2)10/h3-5,7,9,12H,10H2,1-2H3. The predicted octanol–water partition coefficient (Wildman–Crippen LogP) is 0.771. The molecule has 0 saturated carbocycles. The number of nitrogens with two attached hydrogens (primary N) is 1. The van der Waals surface area contributed by atoms with Gasteiger partial charge in [-0.05, 0) is 25.5 Å². The fourth-order valence-electron chi connectivity index (χ4n) is 1.07. The number of aliphatic hydroxyl groups excluding tert-OH is 1. The van der Waals surface area contributed by atoms with Crippen molar-refractivity contribution in [2.24, 2.45) is 5.73 Å². The zero-order valence-corrected chi connectivity index (χ0v) is 7.36. The summed E-state index contributed by atoms with van der Waals surface area (Å²) in [5, 5.41) is 9.61. The van der Waals surface area contributed by atoms with Crippen molar-refractivity contribution in [3.63, 3.8) is 0 Å². The molecule has 3 N–H and O–H groups in total. The van der Waals surface area contributed by atoms with E-state index in [0.717, 1.165) is 11.1 Å². The minimum absolute atomic E-state index is 0.257. The Morgan fingerprint density at radius 3 is 2.75 bits per heavy atom. The van der Waals surface area contributed by atoms with Crippen molar-refractivity contribution >= 4 is 0 Å². The summed E-state index contributed by atoms with van der Waals surface area (Å²) in [6.45, 7) is 3.71. The van der Waals surface area contributed by atoms with E-state index in [1.165, 1.54) is 0 Å². The van der Waals surface area contributed by atoms with E-state index >= 15 is 0 Å². The van der Waals surface area contributed by atoms with Crippen LogP contribution in [0.1, 0.15) is 24.2 Å². The number of hydrogen-bond donors (Lipinski definition) is 2. The second kappa shape index (κ2) is 3.65. The van der Waals surface area contributed by atoms with E-state index in [1.807, 2.05) is 13.0 Å². The summed E-state index contributed by atoms with van der Waals surface area (Å²) in [4.78, 5) is 3.93. The molecule has 0 radical (unpaired) electrons. The van der Waals surface area contributed by atoms with Gasteiger partial charge in [-0.2, -0.15) is 0 Å². The van der Waals surface area contributed by atoms with Gasteiger partial charge in [0.2, 0.25) is 0 Å². The third kappa shape index (κ3) is 1.81. The summed E-state index contributed by atoms with van der Waals surface area (Å²) in [6.07, 6.45) is 2.74. The number of nitrogens with zero attached hydrogens (tertiary/aromatic N) is 1. The van der Waals surface area contributed by atoms with Crippen LogP contribution in [0.5, 0.6) is 0 Å². The van der Waals surface area contributed by atoms with Crippen LogP contribution in [0.15, 0.2) is 18.5 Å². The Kier molecular flexibility index (Phi) is 2.78. The molecule has 2 unspecified atom stereocenters. The molecule has 0 aliphatic rings. The van der Waals surface area contributed by atoms with Crippen molar-refractivity contribution in [3.8, 4) is 0 Å². The summed E-state index contributed by atoms with van der Waals surface area (Å²) in [6, 6.07) is 1.61. The molecule has 0 spiro atoms. The Morgan fingerprint density at radius 1 is 1.58 bits per heavy atom. The van der Waals surface area contributed by atoms with E-state index < -0.39 is 6.10 Å². The predicted molar refractivity (Wildman–Crippen MR) is 47.6 cm³/mol. The summed E-state index contributed by atoms with van der Waals surface area (Å²) in [5.74, 6) is 0. The molecule has 0 aromatic carbocycles. The van der Waals surface area contributed by atoms with Crippen LogP contribution < -0.4 is 5.73 Å². The molecule has 2 atom stereocenters. The molecule has 1 rings (SSSR count). The highest BCUT2D eigenvalue weighted by molar-refractivity contribution is 5.24. The smallest absolute Gasteiger partial charge is 0.0955 e. The maximum Gasteiger partial charge on any atom is 0.0955 e. The lowest BCUT2D eigenvalue weighted by Gasteiger charge is -2.16. The number of pyridine rings is 1. The van der Waals surface area contributed by atoms with Crippen LogP contribution in [0.4, 0.5) is 0 Å². The van der Waals surface area contributed by atoms with Gasteiger partial charge in [0, 0.05) is 24.0 Å². The van der Waals surface area contributed by atoms with Gasteiger partial charge in [0.15, 0.2) is 0 Å². The average molecular weight is 166 g/mol. The van der Waals surface area contributed by atoms with Gasteiger partial charge < -0.3 is 10.8 Å². The van der Waals surface area contributed by atoms with Gasteiger partial charge in [0.1, 0.15) is 0 Å². The third-order valence-corrected chi connectivity index (χ3v) is 1.90.